The van der Waals surface area contributed by atoms with E-state index in [0.717, 1.165) is 37.2 Å². The molecule has 7 rings (SSSR count). The Bertz CT molecular complexity index is 2810. The van der Waals surface area contributed by atoms with Crippen LogP contribution in [-0.4, -0.2) is 129 Å². The summed E-state index contributed by atoms with van der Waals surface area (Å²) in [5.41, 5.74) is 4.63. The van der Waals surface area contributed by atoms with Crippen molar-refractivity contribution in [3.05, 3.63) is 107 Å². The van der Waals surface area contributed by atoms with Gasteiger partial charge in [-0.3, -0.25) is 9.59 Å². The van der Waals surface area contributed by atoms with Gasteiger partial charge in [0.25, 0.3) is 5.91 Å². The minimum Gasteiger partial charge on any atom is -0.495 e. The number of ether oxygens (including phenoxy) is 4. The number of benzene rings is 4. The highest BCUT2D eigenvalue weighted by Crippen LogP contribution is 2.35. The second kappa shape index (κ2) is 23.4. The van der Waals surface area contributed by atoms with E-state index in [-0.39, 0.29) is 81.8 Å². The molecule has 15 nitrogen and oxygen atoms in total. The van der Waals surface area contributed by atoms with Crippen molar-refractivity contribution in [3.8, 4) is 34.5 Å². The van der Waals surface area contributed by atoms with Crippen LogP contribution in [0.25, 0.3) is 32.9 Å². The van der Waals surface area contributed by atoms with E-state index in [1.54, 1.807) is 60.7 Å². The standard InChI is InChI=1S/C50H53ClF3N7O8/c1-60-19-14-34(15-20-60)59-42-6-3-7-45-39(42)26-35(61(45)31-50(52,53)54)5-4-16-55-43-13-10-33(25-46(43)66-2)48(63)57-17-21-67-23-24-68-30-47(62)56-18-22-69-36-11-8-32(9-12-36)37-27-38-40(49(64)65)29-58-44(38)28-41(37)51/h3,6-13,25-29,34,55,58-59H,14-24,30-31H2,1-2H3,(H,56,62)(H,57,63)(H,64,65). The number of hydrogen-bond acceptors (Lipinski definition) is 10. The number of anilines is 2. The van der Waals surface area contributed by atoms with Gasteiger partial charge in [0.15, 0.2) is 0 Å². The summed E-state index contributed by atoms with van der Waals surface area (Å²) in [4.78, 5) is 41.8. The second-order valence-electron chi connectivity index (χ2n) is 16.3. The molecular formula is C50H53ClF3N7O8. The Morgan fingerprint density at radius 1 is 0.899 bits per heavy atom. The highest BCUT2D eigenvalue weighted by Gasteiger charge is 2.30. The number of carboxylic acid groups (broad SMARTS) is 1. The monoisotopic (exact) mass is 971 g/mol. The molecule has 0 aliphatic carbocycles. The molecule has 69 heavy (non-hydrogen) atoms. The molecule has 6 N–H and O–H groups in total. The van der Waals surface area contributed by atoms with E-state index in [9.17, 15) is 32.7 Å². The molecule has 364 valence electrons. The predicted molar refractivity (Wildman–Crippen MR) is 259 cm³/mol. The number of piperidine rings is 1. The molecule has 6 aromatic rings. The minimum absolute atomic E-state index is 0.0980. The summed E-state index contributed by atoms with van der Waals surface area (Å²) >= 11 is 6.48. The van der Waals surface area contributed by atoms with Gasteiger partial charge in [0.2, 0.25) is 5.91 Å². The fourth-order valence-electron chi connectivity index (χ4n) is 7.90. The summed E-state index contributed by atoms with van der Waals surface area (Å²) in [5, 5.41) is 23.4. The Hall–Kier alpha value is -6.91. The van der Waals surface area contributed by atoms with Gasteiger partial charge in [-0.15, -0.1) is 0 Å². The number of aromatic nitrogens is 2. The number of rotatable bonds is 21. The lowest BCUT2D eigenvalue weighted by molar-refractivity contribution is -0.140. The number of methoxy groups -OCH3 is 1. The zero-order valence-corrected chi connectivity index (χ0v) is 38.8. The Balaban J connectivity index is 0.779. The van der Waals surface area contributed by atoms with Gasteiger partial charge in [0.1, 0.15) is 31.3 Å². The van der Waals surface area contributed by atoms with Crippen molar-refractivity contribution in [2.24, 2.45) is 0 Å². The maximum absolute atomic E-state index is 13.7. The smallest absolute Gasteiger partial charge is 0.406 e. The van der Waals surface area contributed by atoms with Crippen molar-refractivity contribution in [3.63, 3.8) is 0 Å². The SMILES string of the molecule is COc1cc(C(=O)NCCOCCOCC(=O)NCCOc2ccc(-c3cc4c(C(=O)O)c[nH]c4cc3Cl)cc2)ccc1NCC#Cc1cc2c(NC3CCN(C)CC3)cccc2n1CC(F)(F)F. The molecule has 2 aromatic heterocycles. The molecule has 3 heterocycles. The molecule has 0 atom stereocenters. The molecule has 19 heteroatoms. The van der Waals surface area contributed by atoms with Crippen molar-refractivity contribution in [2.45, 2.75) is 31.6 Å². The van der Waals surface area contributed by atoms with Crippen LogP contribution in [0.5, 0.6) is 11.5 Å². The van der Waals surface area contributed by atoms with Gasteiger partial charge in [0, 0.05) is 51.9 Å². The molecule has 1 fully saturated rings. The number of nitrogens with one attached hydrogen (secondary N) is 5. The first kappa shape index (κ1) is 50.0. The molecule has 0 spiro atoms. The summed E-state index contributed by atoms with van der Waals surface area (Å²) < 4.78 is 64.6. The third-order valence-corrected chi connectivity index (χ3v) is 11.7. The minimum atomic E-state index is -4.44. The average Bonchev–Trinajstić information content (AvgIpc) is 3.91. The molecule has 0 bridgehead atoms. The van der Waals surface area contributed by atoms with Gasteiger partial charge in [-0.1, -0.05) is 35.7 Å². The van der Waals surface area contributed by atoms with Crippen LogP contribution in [0.4, 0.5) is 24.5 Å². The van der Waals surface area contributed by atoms with E-state index in [2.05, 4.69) is 50.0 Å². The van der Waals surface area contributed by atoms with Crippen LogP contribution in [-0.2, 0) is 20.8 Å². The number of halogens is 4. The number of fused-ring (bicyclic) bond motifs is 2. The average molecular weight is 972 g/mol. The van der Waals surface area contributed by atoms with E-state index in [1.807, 2.05) is 18.2 Å². The molecule has 0 radical (unpaired) electrons. The molecule has 1 saturated heterocycles. The zero-order valence-electron chi connectivity index (χ0n) is 38.1. The molecular weight excluding hydrogens is 919 g/mol. The van der Waals surface area contributed by atoms with Crippen LogP contribution in [0.3, 0.4) is 0 Å². The fourth-order valence-corrected chi connectivity index (χ4v) is 8.17. The number of carboxylic acids is 1. The second-order valence-corrected chi connectivity index (χ2v) is 16.7. The number of aromatic carboxylic acids is 1. The van der Waals surface area contributed by atoms with Crippen molar-refractivity contribution >= 4 is 62.6 Å². The zero-order chi connectivity index (χ0) is 48.9. The van der Waals surface area contributed by atoms with Crippen LogP contribution in [0.15, 0.2) is 85.1 Å². The number of carbonyl (C=O) groups is 3. The summed E-state index contributed by atoms with van der Waals surface area (Å²) in [6.45, 7) is 1.89. The number of carbonyl (C=O) groups excluding carboxylic acids is 2. The van der Waals surface area contributed by atoms with Crippen molar-refractivity contribution in [1.29, 1.82) is 0 Å². The lowest BCUT2D eigenvalue weighted by atomic mass is 10.0. The van der Waals surface area contributed by atoms with Gasteiger partial charge < -0.3 is 59.8 Å². The lowest BCUT2D eigenvalue weighted by Crippen LogP contribution is -2.36. The van der Waals surface area contributed by atoms with E-state index in [4.69, 9.17) is 30.5 Å². The predicted octanol–water partition coefficient (Wildman–Crippen LogP) is 7.64. The van der Waals surface area contributed by atoms with E-state index < -0.39 is 18.7 Å². The first-order valence-electron chi connectivity index (χ1n) is 22.3. The van der Waals surface area contributed by atoms with Gasteiger partial charge in [-0.05, 0) is 105 Å². The maximum atomic E-state index is 13.7. The topological polar surface area (TPSA) is 180 Å². The lowest BCUT2D eigenvalue weighted by Gasteiger charge is -2.30. The Kier molecular flexibility index (Phi) is 17.0. The number of amides is 2. The maximum Gasteiger partial charge on any atom is 0.406 e. The Labute approximate surface area is 401 Å². The number of alkyl halides is 3. The number of nitrogens with zero attached hydrogens (tertiary/aromatic N) is 2. The highest BCUT2D eigenvalue weighted by molar-refractivity contribution is 6.34. The molecule has 4 aromatic carbocycles. The number of H-pyrrole nitrogens is 1. The van der Waals surface area contributed by atoms with Crippen LogP contribution in [0, 0.1) is 11.8 Å². The molecule has 1 aliphatic heterocycles. The van der Waals surface area contributed by atoms with Gasteiger partial charge in [-0.25, -0.2) is 4.79 Å². The van der Waals surface area contributed by atoms with Gasteiger partial charge in [0.05, 0.1) is 67.5 Å². The molecule has 0 unspecified atom stereocenters. The van der Waals surface area contributed by atoms with E-state index >= 15 is 0 Å². The third kappa shape index (κ3) is 13.6. The first-order chi connectivity index (χ1) is 33.3. The number of hydrogen-bond donors (Lipinski definition) is 6. The summed E-state index contributed by atoms with van der Waals surface area (Å²) in [6.07, 6.45) is -1.13. The van der Waals surface area contributed by atoms with E-state index in [1.165, 1.54) is 17.9 Å². The quantitative estimate of drug-likeness (QED) is 0.0308. The van der Waals surface area contributed by atoms with Crippen molar-refractivity contribution in [1.82, 2.24) is 25.1 Å². The van der Waals surface area contributed by atoms with Crippen LogP contribution in [0.2, 0.25) is 5.02 Å². The Morgan fingerprint density at radius 3 is 2.42 bits per heavy atom. The van der Waals surface area contributed by atoms with Crippen LogP contribution < -0.4 is 30.7 Å². The van der Waals surface area contributed by atoms with Gasteiger partial charge in [-0.2, -0.15) is 13.2 Å². The van der Waals surface area contributed by atoms with Crippen LogP contribution in [0.1, 0.15) is 39.3 Å². The summed E-state index contributed by atoms with van der Waals surface area (Å²) in [7, 11) is 3.54. The van der Waals surface area contributed by atoms with Crippen molar-refractivity contribution < 1.29 is 51.6 Å². The summed E-state index contributed by atoms with van der Waals surface area (Å²) in [6, 6.07) is 22.7. The first-order valence-corrected chi connectivity index (χ1v) is 22.7. The van der Waals surface area contributed by atoms with Crippen LogP contribution >= 0.6 is 11.6 Å². The number of aromatic amines is 1. The number of likely N-dealkylation sites (tertiary alicyclic amines) is 1. The van der Waals surface area contributed by atoms with Gasteiger partial charge >= 0.3 is 12.1 Å². The third-order valence-electron chi connectivity index (χ3n) is 11.4. The van der Waals surface area contributed by atoms with E-state index in [0.29, 0.717) is 55.1 Å². The highest BCUT2D eigenvalue weighted by atomic mass is 35.5. The summed E-state index contributed by atoms with van der Waals surface area (Å²) in [5.74, 6) is 5.12. The fraction of sp³-hybridized carbons (Fsp3) is 0.340. The molecule has 2 amide bonds. The Morgan fingerprint density at radius 2 is 1.67 bits per heavy atom. The normalized spacial score (nSPS) is 13.2. The molecule has 1 aliphatic rings. The largest absolute Gasteiger partial charge is 0.495 e. The van der Waals surface area contributed by atoms with Crippen molar-refractivity contribution in [2.75, 3.05) is 90.5 Å². The molecule has 0 saturated carbocycles.